The van der Waals surface area contributed by atoms with E-state index in [-0.39, 0.29) is 0 Å². The average Bonchev–Trinajstić information content (AvgIpc) is 2.37. The van der Waals surface area contributed by atoms with Gasteiger partial charge in [-0.05, 0) is 17.4 Å². The summed E-state index contributed by atoms with van der Waals surface area (Å²) >= 11 is 0. The second-order valence-electron chi connectivity index (χ2n) is 2.19. The fourth-order valence-corrected chi connectivity index (χ4v) is 0.657. The molecule has 6 heteroatoms. The van der Waals surface area contributed by atoms with Crippen LogP contribution in [0.2, 0.25) is 0 Å². The quantitative estimate of drug-likeness (QED) is 0.447. The normalized spacial score (nSPS) is 10.7. The Labute approximate surface area is 68.9 Å². The molecule has 1 aromatic heterocycles. The van der Waals surface area contributed by atoms with Gasteiger partial charge in [0.1, 0.15) is 0 Å². The smallest absolute Gasteiger partial charge is 0.331 e. The van der Waals surface area contributed by atoms with Gasteiger partial charge in [0.05, 0.1) is 5.57 Å². The Morgan fingerprint density at radius 3 is 3.00 bits per heavy atom. The third-order valence-electron chi connectivity index (χ3n) is 1.22. The lowest BCUT2D eigenvalue weighted by molar-refractivity contribution is 0.706. The maximum absolute atomic E-state index is 9.77. The summed E-state index contributed by atoms with van der Waals surface area (Å²) in [4.78, 5) is 0. The molecule has 1 rings (SSSR count). The van der Waals surface area contributed by atoms with Gasteiger partial charge in [0.2, 0.25) is 0 Å². The van der Waals surface area contributed by atoms with Crippen molar-refractivity contribution in [3.63, 3.8) is 0 Å². The number of allylic oxidation sites excluding steroid dienone is 1. The van der Waals surface area contributed by atoms with Crippen LogP contribution in [0.15, 0.2) is 5.57 Å². The van der Waals surface area contributed by atoms with Gasteiger partial charge < -0.3 is 5.21 Å². The number of nitrogens with zero attached hydrogens (tertiary/aromatic N) is 5. The summed E-state index contributed by atoms with van der Waals surface area (Å²) in [6.07, 6.45) is 1.61. The highest BCUT2D eigenvalue weighted by Crippen LogP contribution is 1.99. The number of hydrogen-bond donors (Lipinski definition) is 0. The van der Waals surface area contributed by atoms with E-state index in [2.05, 4.69) is 26.6 Å². The van der Waals surface area contributed by atoms with Crippen LogP contribution in [0.4, 0.5) is 0 Å². The van der Waals surface area contributed by atoms with Crippen LogP contribution in [0.3, 0.4) is 0 Å². The van der Waals surface area contributed by atoms with Crippen LogP contribution in [0, 0.1) is 11.3 Å². The molecular formula is C6H7N5O. The van der Waals surface area contributed by atoms with Crippen molar-refractivity contribution in [2.75, 3.05) is 0 Å². The molecule has 0 fully saturated rings. The highest BCUT2D eigenvalue weighted by Gasteiger charge is 1.99. The second kappa shape index (κ2) is 3.48. The van der Waals surface area contributed by atoms with Crippen molar-refractivity contribution < 1.29 is 0 Å². The number of aryl methyl sites for hydroxylation is 1. The second-order valence-corrected chi connectivity index (χ2v) is 2.19. The highest BCUT2D eigenvalue weighted by molar-refractivity contribution is 5.50. The van der Waals surface area contributed by atoms with E-state index in [0.29, 0.717) is 11.4 Å². The summed E-state index contributed by atoms with van der Waals surface area (Å²) in [5.41, 5.74) is 0.586. The predicted molar refractivity (Wildman–Crippen MR) is 43.1 cm³/mol. The zero-order valence-electron chi connectivity index (χ0n) is 6.72. The van der Waals surface area contributed by atoms with E-state index in [0.717, 1.165) is 0 Å². The van der Waals surface area contributed by atoms with Gasteiger partial charge in [-0.15, -0.1) is 5.10 Å². The minimum absolute atomic E-state index is 0.559. The predicted octanol–water partition coefficient (Wildman–Crippen LogP) is 0.444. The molecule has 0 saturated carbocycles. The van der Waals surface area contributed by atoms with Crippen LogP contribution in [-0.4, -0.2) is 20.2 Å². The molecule has 0 N–H and O–H groups in total. The lowest BCUT2D eigenvalue weighted by Gasteiger charge is -1.87. The molecule has 0 aliphatic carbocycles. The Morgan fingerprint density at radius 1 is 1.75 bits per heavy atom. The third-order valence-corrected chi connectivity index (χ3v) is 1.22. The van der Waals surface area contributed by atoms with Gasteiger partial charge in [-0.1, -0.05) is 0 Å². The van der Waals surface area contributed by atoms with Gasteiger partial charge >= 0.3 is 6.07 Å². The van der Waals surface area contributed by atoms with E-state index in [1.54, 1.807) is 20.0 Å². The molecule has 0 spiro atoms. The molecule has 0 unspecified atom stereocenters. The summed E-state index contributed by atoms with van der Waals surface area (Å²) in [5.74, 6) is 0.559. The number of rotatable bonds is 1. The lowest BCUT2D eigenvalue weighted by atomic mass is 10.3. The lowest BCUT2D eigenvalue weighted by Crippen LogP contribution is -1.93. The van der Waals surface area contributed by atoms with E-state index in [9.17, 15) is 5.21 Å². The van der Waals surface area contributed by atoms with E-state index >= 15 is 0 Å². The first kappa shape index (κ1) is 8.20. The number of aromatic nitrogens is 4. The molecule has 0 atom stereocenters. The maximum Gasteiger partial charge on any atom is 0.331 e. The zero-order valence-corrected chi connectivity index (χ0v) is 6.72. The molecule has 62 valence electrons. The Bertz CT molecular complexity index is 356. The van der Waals surface area contributed by atoms with Gasteiger partial charge in [0.25, 0.3) is 0 Å². The monoisotopic (exact) mass is 165 g/mol. The Morgan fingerprint density at radius 2 is 2.50 bits per heavy atom. The number of tetrazole rings is 1. The fourth-order valence-electron chi connectivity index (χ4n) is 0.657. The molecule has 0 saturated heterocycles. The zero-order chi connectivity index (χ0) is 8.97. The Balaban J connectivity index is 2.92. The summed E-state index contributed by atoms with van der Waals surface area (Å²) in [7, 11) is 1.70. The standard InChI is InChI=1S/C6H7N5O/c1-5(4-7-12)3-6-8-9-10-11(6)2/h3H,1-2H3/b5-3-. The van der Waals surface area contributed by atoms with Crippen molar-refractivity contribution in [2.24, 2.45) is 7.05 Å². The minimum Gasteiger partial charge on any atom is -0.498 e. The molecule has 1 aromatic rings. The molecule has 6 nitrogen and oxygen atoms in total. The molecule has 0 amide bonds. The van der Waals surface area contributed by atoms with Crippen LogP contribution >= 0.6 is 0 Å². The maximum atomic E-state index is 9.77. The molecule has 0 aliphatic heterocycles. The number of hydrogen-bond acceptors (Lipinski definition) is 4. The van der Waals surface area contributed by atoms with Crippen LogP contribution in [0.25, 0.3) is 11.1 Å². The first-order valence-corrected chi connectivity index (χ1v) is 3.23. The Hall–Kier alpha value is -1.90. The van der Waals surface area contributed by atoms with E-state index < -0.39 is 0 Å². The van der Waals surface area contributed by atoms with Crippen molar-refractivity contribution in [1.29, 1.82) is 0 Å². The van der Waals surface area contributed by atoms with Crippen molar-refractivity contribution in [3.05, 3.63) is 21.6 Å². The van der Waals surface area contributed by atoms with Gasteiger partial charge in [-0.2, -0.15) is 0 Å². The summed E-state index contributed by atoms with van der Waals surface area (Å²) < 4.78 is 1.48. The van der Waals surface area contributed by atoms with Crippen molar-refractivity contribution >= 4 is 6.08 Å². The average molecular weight is 165 g/mol. The van der Waals surface area contributed by atoms with Crippen molar-refractivity contribution in [1.82, 2.24) is 20.2 Å². The highest BCUT2D eigenvalue weighted by atomic mass is 16.4. The minimum atomic E-state index is 0.559. The molecule has 0 aromatic carbocycles. The van der Waals surface area contributed by atoms with Crippen molar-refractivity contribution in [3.8, 4) is 6.07 Å². The molecule has 0 aliphatic rings. The van der Waals surface area contributed by atoms with Gasteiger partial charge in [0, 0.05) is 18.1 Å². The molecule has 0 radical (unpaired) electrons. The van der Waals surface area contributed by atoms with Gasteiger partial charge in [-0.25, -0.2) is 4.68 Å². The summed E-state index contributed by atoms with van der Waals surface area (Å²) in [6.45, 7) is 1.69. The summed E-state index contributed by atoms with van der Waals surface area (Å²) in [5, 5.41) is 23.0. The van der Waals surface area contributed by atoms with E-state index in [1.165, 1.54) is 4.68 Å². The third kappa shape index (κ3) is 1.79. The van der Waals surface area contributed by atoms with Gasteiger partial charge in [-0.3, -0.25) is 0 Å². The van der Waals surface area contributed by atoms with Gasteiger partial charge in [0.15, 0.2) is 5.82 Å². The first-order valence-electron chi connectivity index (χ1n) is 3.23. The van der Waals surface area contributed by atoms with Crippen LogP contribution < -0.4 is 0 Å². The largest absolute Gasteiger partial charge is 0.498 e. The van der Waals surface area contributed by atoms with Crippen molar-refractivity contribution in [2.45, 2.75) is 6.92 Å². The SMILES string of the molecule is C/C(C#[N+][O-])=C/c1nnnn1C. The van der Waals surface area contributed by atoms with E-state index in [4.69, 9.17) is 0 Å². The summed E-state index contributed by atoms with van der Waals surface area (Å²) in [6, 6.07) is 2.23. The molecule has 0 bridgehead atoms. The molecule has 12 heavy (non-hydrogen) atoms. The topological polar surface area (TPSA) is 71.0 Å². The first-order chi connectivity index (χ1) is 5.74. The molecular weight excluding hydrogens is 158 g/mol. The van der Waals surface area contributed by atoms with E-state index in [1.807, 2.05) is 0 Å². The van der Waals surface area contributed by atoms with Crippen LogP contribution in [-0.2, 0) is 7.05 Å². The fraction of sp³-hybridized carbons (Fsp3) is 0.333. The Kier molecular flexibility index (Phi) is 2.38. The molecule has 1 heterocycles. The van der Waals surface area contributed by atoms with Crippen LogP contribution in [0.5, 0.6) is 0 Å². The van der Waals surface area contributed by atoms with Crippen LogP contribution in [0.1, 0.15) is 12.7 Å².